The van der Waals surface area contributed by atoms with Gasteiger partial charge in [0, 0.05) is 38.3 Å². The van der Waals surface area contributed by atoms with E-state index in [-0.39, 0.29) is 0 Å². The Bertz CT molecular complexity index is 887. The number of unbranched alkanes of at least 4 members (excludes halogenated alkanes) is 1. The third kappa shape index (κ3) is 4.77. The lowest BCUT2D eigenvalue weighted by atomic mass is 10.1. The molecule has 3 aromatic rings. The number of methoxy groups -OCH3 is 1. The molecule has 0 N–H and O–H groups in total. The number of piperazine rings is 1. The summed E-state index contributed by atoms with van der Waals surface area (Å²) in [6.45, 7) is 6.32. The first-order valence-corrected chi connectivity index (χ1v) is 10.4. The van der Waals surface area contributed by atoms with Gasteiger partial charge in [0.2, 0.25) is 0 Å². The van der Waals surface area contributed by atoms with Crippen molar-refractivity contribution in [2.45, 2.75) is 19.4 Å². The van der Waals surface area contributed by atoms with E-state index in [1.54, 1.807) is 7.11 Å². The van der Waals surface area contributed by atoms with E-state index in [1.807, 2.05) is 29.1 Å². The van der Waals surface area contributed by atoms with Crippen LogP contribution in [0.5, 0.6) is 5.75 Å². The number of hydrogen-bond acceptors (Lipinski definition) is 5. The van der Waals surface area contributed by atoms with Crippen molar-refractivity contribution in [3.63, 3.8) is 0 Å². The smallest absolute Gasteiger partial charge is 0.142 e. The maximum atomic E-state index is 5.51. The summed E-state index contributed by atoms with van der Waals surface area (Å²) in [7, 11) is 1.74. The minimum absolute atomic E-state index is 0.908. The van der Waals surface area contributed by atoms with E-state index in [0.717, 1.165) is 57.1 Å². The van der Waals surface area contributed by atoms with Crippen LogP contribution >= 0.6 is 0 Å². The van der Waals surface area contributed by atoms with Crippen LogP contribution in [0.2, 0.25) is 0 Å². The number of anilines is 1. The Morgan fingerprint density at radius 3 is 2.38 bits per heavy atom. The highest BCUT2D eigenvalue weighted by molar-refractivity contribution is 5.59. The van der Waals surface area contributed by atoms with Gasteiger partial charge in [-0.15, -0.1) is 5.10 Å². The van der Waals surface area contributed by atoms with E-state index < -0.39 is 0 Å². The molecule has 0 saturated carbocycles. The number of ether oxygens (including phenoxy) is 1. The van der Waals surface area contributed by atoms with Gasteiger partial charge in [-0.3, -0.25) is 4.90 Å². The van der Waals surface area contributed by atoms with Crippen LogP contribution in [0, 0.1) is 0 Å². The predicted molar refractivity (Wildman–Crippen MR) is 116 cm³/mol. The molecule has 0 atom stereocenters. The lowest BCUT2D eigenvalue weighted by Gasteiger charge is -2.36. The third-order valence-electron chi connectivity index (χ3n) is 5.58. The maximum Gasteiger partial charge on any atom is 0.142 e. The lowest BCUT2D eigenvalue weighted by molar-refractivity contribution is 0.250. The zero-order valence-electron chi connectivity index (χ0n) is 17.1. The van der Waals surface area contributed by atoms with Gasteiger partial charge in [-0.2, -0.15) is 0 Å². The summed E-state index contributed by atoms with van der Waals surface area (Å²) in [4.78, 5) is 4.99. The van der Waals surface area contributed by atoms with Gasteiger partial charge in [-0.05, 0) is 31.5 Å². The average molecular weight is 392 g/mol. The molecule has 0 bridgehead atoms. The van der Waals surface area contributed by atoms with Crippen LogP contribution in [0.3, 0.4) is 0 Å². The Labute approximate surface area is 172 Å². The van der Waals surface area contributed by atoms with Crippen LogP contribution in [0.4, 0.5) is 5.69 Å². The zero-order chi connectivity index (χ0) is 19.9. The van der Waals surface area contributed by atoms with Crippen LogP contribution in [0.15, 0.2) is 60.8 Å². The average Bonchev–Trinajstić information content (AvgIpc) is 3.26. The molecule has 2 aromatic carbocycles. The molecular formula is C23H29N5O. The van der Waals surface area contributed by atoms with Crippen LogP contribution in [-0.2, 0) is 6.54 Å². The van der Waals surface area contributed by atoms with Crippen molar-refractivity contribution >= 4 is 5.69 Å². The number of benzene rings is 2. The minimum atomic E-state index is 0.908. The second-order valence-corrected chi connectivity index (χ2v) is 7.42. The van der Waals surface area contributed by atoms with Crippen molar-refractivity contribution in [2.24, 2.45) is 0 Å². The van der Waals surface area contributed by atoms with E-state index in [2.05, 4.69) is 56.5 Å². The Morgan fingerprint density at radius 1 is 0.862 bits per heavy atom. The Morgan fingerprint density at radius 2 is 1.59 bits per heavy atom. The fourth-order valence-corrected chi connectivity index (χ4v) is 3.96. The number of nitrogens with zero attached hydrogens (tertiary/aromatic N) is 5. The summed E-state index contributed by atoms with van der Waals surface area (Å²) in [6, 6.07) is 18.6. The van der Waals surface area contributed by atoms with Crippen LogP contribution in [0.1, 0.15) is 12.8 Å². The molecule has 1 aliphatic heterocycles. The molecule has 0 radical (unpaired) electrons. The Kier molecular flexibility index (Phi) is 6.42. The van der Waals surface area contributed by atoms with E-state index in [0.29, 0.717) is 0 Å². The lowest BCUT2D eigenvalue weighted by Crippen LogP contribution is -2.46. The van der Waals surface area contributed by atoms with Crippen molar-refractivity contribution < 1.29 is 4.74 Å². The highest BCUT2D eigenvalue weighted by Crippen LogP contribution is 2.28. The van der Waals surface area contributed by atoms with Crippen molar-refractivity contribution in [1.29, 1.82) is 0 Å². The molecule has 4 rings (SSSR count). The molecule has 6 heteroatoms. The molecule has 1 fully saturated rings. The molecule has 0 unspecified atom stereocenters. The molecule has 0 aliphatic carbocycles. The molecule has 29 heavy (non-hydrogen) atoms. The normalized spacial score (nSPS) is 14.9. The Balaban J connectivity index is 1.22. The van der Waals surface area contributed by atoms with Gasteiger partial charge in [0.05, 0.1) is 24.7 Å². The third-order valence-corrected chi connectivity index (χ3v) is 5.58. The molecule has 2 heterocycles. The largest absolute Gasteiger partial charge is 0.495 e. The molecule has 0 spiro atoms. The standard InChI is InChI=1S/C23H29N5O/c1-29-23-12-6-5-11-21(23)27-17-15-26(16-18-27)13-7-8-14-28-22(19-24-25-28)20-9-3-2-4-10-20/h2-6,9-12,19H,7-8,13-18H2,1H3. The number of hydrogen-bond donors (Lipinski definition) is 0. The van der Waals surface area contributed by atoms with Gasteiger partial charge < -0.3 is 9.64 Å². The first-order chi connectivity index (χ1) is 14.3. The monoisotopic (exact) mass is 391 g/mol. The van der Waals surface area contributed by atoms with Gasteiger partial charge in [0.25, 0.3) is 0 Å². The van der Waals surface area contributed by atoms with E-state index in [9.17, 15) is 0 Å². The fourth-order valence-electron chi connectivity index (χ4n) is 3.96. The van der Waals surface area contributed by atoms with Crippen molar-refractivity contribution in [3.05, 3.63) is 60.8 Å². The van der Waals surface area contributed by atoms with Crippen molar-refractivity contribution in [2.75, 3.05) is 44.7 Å². The van der Waals surface area contributed by atoms with Gasteiger partial charge in [-0.25, -0.2) is 4.68 Å². The van der Waals surface area contributed by atoms with E-state index >= 15 is 0 Å². The molecular weight excluding hydrogens is 362 g/mol. The van der Waals surface area contributed by atoms with Gasteiger partial charge in [0.15, 0.2) is 0 Å². The predicted octanol–water partition coefficient (Wildman–Crippen LogP) is 3.56. The molecule has 6 nitrogen and oxygen atoms in total. The van der Waals surface area contributed by atoms with Gasteiger partial charge >= 0.3 is 0 Å². The number of aromatic nitrogens is 3. The SMILES string of the molecule is COc1ccccc1N1CCN(CCCCn2nncc2-c2ccccc2)CC1. The number of aryl methyl sites for hydroxylation is 1. The van der Waals surface area contributed by atoms with E-state index in [1.165, 1.54) is 17.7 Å². The van der Waals surface area contributed by atoms with Crippen LogP contribution in [0.25, 0.3) is 11.3 Å². The van der Waals surface area contributed by atoms with Gasteiger partial charge in [-0.1, -0.05) is 47.7 Å². The first kappa shape index (κ1) is 19.5. The second-order valence-electron chi connectivity index (χ2n) is 7.42. The first-order valence-electron chi connectivity index (χ1n) is 10.4. The van der Waals surface area contributed by atoms with Gasteiger partial charge in [0.1, 0.15) is 5.75 Å². The fraction of sp³-hybridized carbons (Fsp3) is 0.391. The summed E-state index contributed by atoms with van der Waals surface area (Å²) in [5.41, 5.74) is 3.47. The zero-order valence-corrected chi connectivity index (χ0v) is 17.1. The van der Waals surface area contributed by atoms with E-state index in [4.69, 9.17) is 4.74 Å². The number of rotatable bonds is 8. The quantitative estimate of drug-likeness (QED) is 0.550. The topological polar surface area (TPSA) is 46.4 Å². The Hall–Kier alpha value is -2.86. The summed E-state index contributed by atoms with van der Waals surface area (Å²) in [5, 5.41) is 8.38. The van der Waals surface area contributed by atoms with Crippen molar-refractivity contribution in [3.8, 4) is 17.0 Å². The second kappa shape index (κ2) is 9.56. The molecule has 1 aromatic heterocycles. The van der Waals surface area contributed by atoms with Crippen LogP contribution in [-0.4, -0.2) is 59.7 Å². The molecule has 0 amide bonds. The summed E-state index contributed by atoms with van der Waals surface area (Å²) in [5.74, 6) is 0.961. The molecule has 1 aliphatic rings. The highest BCUT2D eigenvalue weighted by Gasteiger charge is 2.19. The summed E-state index contributed by atoms with van der Waals surface area (Å²) in [6.07, 6.45) is 4.13. The van der Waals surface area contributed by atoms with Crippen LogP contribution < -0.4 is 9.64 Å². The maximum absolute atomic E-state index is 5.51. The molecule has 1 saturated heterocycles. The van der Waals surface area contributed by atoms with Crippen molar-refractivity contribution in [1.82, 2.24) is 19.9 Å². The molecule has 152 valence electrons. The highest BCUT2D eigenvalue weighted by atomic mass is 16.5. The summed E-state index contributed by atoms with van der Waals surface area (Å²) < 4.78 is 7.54. The number of para-hydroxylation sites is 2. The summed E-state index contributed by atoms with van der Waals surface area (Å²) >= 11 is 0. The minimum Gasteiger partial charge on any atom is -0.495 e.